The zero-order chi connectivity index (χ0) is 56.6. The fourth-order valence-electron chi connectivity index (χ4n) is 9.68. The summed E-state index contributed by atoms with van der Waals surface area (Å²) >= 11 is 0. The lowest BCUT2D eigenvalue weighted by Crippen LogP contribution is -2.81. The van der Waals surface area contributed by atoms with Crippen LogP contribution < -0.4 is 26.4 Å². The topological polar surface area (TPSA) is 20.9 Å². The van der Waals surface area contributed by atoms with E-state index in [2.05, 4.69) is 95.7 Å². The molecule has 0 atom stereocenters. The van der Waals surface area contributed by atoms with Crippen LogP contribution in [-0.4, -0.2) is 11.9 Å². The normalized spacial score (nSPS) is 11.7. The third-order valence-electron chi connectivity index (χ3n) is 13.1. The van der Waals surface area contributed by atoms with Gasteiger partial charge in [0.05, 0.1) is 10.9 Å². The van der Waals surface area contributed by atoms with Gasteiger partial charge >= 0.3 is 0 Å². The highest BCUT2D eigenvalue weighted by atomic mass is 19.2. The van der Waals surface area contributed by atoms with Crippen LogP contribution in [0.15, 0.2) is 121 Å². The summed E-state index contributed by atoms with van der Waals surface area (Å²) in [6.07, 6.45) is -5.17. The van der Waals surface area contributed by atoms with Crippen molar-refractivity contribution in [3.8, 4) is 11.3 Å². The summed E-state index contributed by atoms with van der Waals surface area (Å²) < 4.78 is 296. The van der Waals surface area contributed by atoms with E-state index >= 15 is 35.1 Å². The second kappa shape index (κ2) is 20.3. The van der Waals surface area contributed by atoms with Crippen LogP contribution in [0, 0.1) is 116 Å². The second-order valence-electron chi connectivity index (χ2n) is 17.2. The lowest BCUT2D eigenvalue weighted by Gasteiger charge is -2.44. The minimum atomic E-state index is -7.22. The molecular formula is C55H22BF20NO. The molecule has 23 heteroatoms. The molecule has 0 aliphatic rings. The van der Waals surface area contributed by atoms with Gasteiger partial charge in [-0.2, -0.15) is 4.57 Å². The first-order valence-electron chi connectivity index (χ1n) is 22.1. The van der Waals surface area contributed by atoms with E-state index < -0.39 is 144 Å². The molecule has 0 saturated carbocycles. The standard InChI is InChI=1S/C31H22NO.C24BF20/c33-29(23-11-2-1-3-12-23)21-32-19-18-22-10-4-9-17-28(22)31(32)30-26-15-7-5-13-24(26)20-25-14-6-8-16-27(25)30;26-5-1(6(27)14(35)21(42)13(5)34)25(2-7(28)15(36)22(43)16(37)8(2)29,3-9(30)17(38)23(44)18(39)10(3)31)4-11(32)19(40)24(45)20(41)12(4)33/h1-20H,21H2;/q+1;-1. The third-order valence-corrected chi connectivity index (χ3v) is 13.1. The average Bonchev–Trinajstić information content (AvgIpc) is 3.52. The number of hydrogen-bond acceptors (Lipinski definition) is 1. The third kappa shape index (κ3) is 8.24. The molecule has 0 spiro atoms. The maximum atomic E-state index is 15.4. The Hall–Kier alpha value is -8.76. The number of ketones is 1. The van der Waals surface area contributed by atoms with Crippen molar-refractivity contribution >= 4 is 66.1 Å². The summed E-state index contributed by atoms with van der Waals surface area (Å²) in [5.41, 5.74) is -11.4. The molecule has 0 unspecified atom stereocenters. The van der Waals surface area contributed by atoms with Gasteiger partial charge in [-0.1, -0.05) is 97.1 Å². The number of pyridine rings is 1. The van der Waals surface area contributed by atoms with Gasteiger partial charge in [0.15, 0.2) is 76.0 Å². The Morgan fingerprint density at radius 1 is 0.321 bits per heavy atom. The summed E-state index contributed by atoms with van der Waals surface area (Å²) in [5.74, 6) is -71.3. The molecule has 0 aliphatic carbocycles. The van der Waals surface area contributed by atoms with E-state index in [-0.39, 0.29) is 12.3 Å². The molecule has 0 radical (unpaired) electrons. The number of rotatable bonds is 8. The Balaban J connectivity index is 0.000000198. The van der Waals surface area contributed by atoms with Crippen molar-refractivity contribution in [2.75, 3.05) is 0 Å². The lowest BCUT2D eigenvalue weighted by atomic mass is 9.12. The first-order valence-corrected chi connectivity index (χ1v) is 22.1. The Kier molecular flexibility index (Phi) is 14.1. The van der Waals surface area contributed by atoms with Crippen LogP contribution in [0.4, 0.5) is 87.8 Å². The maximum Gasteiger partial charge on any atom is 0.227 e. The molecule has 78 heavy (non-hydrogen) atoms. The van der Waals surface area contributed by atoms with Gasteiger partial charge in [-0.15, -0.1) is 21.9 Å². The van der Waals surface area contributed by atoms with E-state index in [0.717, 1.165) is 22.0 Å². The van der Waals surface area contributed by atoms with Gasteiger partial charge in [-0.25, -0.2) is 87.8 Å². The molecule has 1 heterocycles. The van der Waals surface area contributed by atoms with Gasteiger partial charge in [0, 0.05) is 11.6 Å². The molecule has 0 amide bonds. The molecule has 2 nitrogen and oxygen atoms in total. The van der Waals surface area contributed by atoms with Crippen LogP contribution in [0.3, 0.4) is 0 Å². The van der Waals surface area contributed by atoms with Crippen molar-refractivity contribution in [3.63, 3.8) is 0 Å². The summed E-state index contributed by atoms with van der Waals surface area (Å²) in [4.78, 5) is 13.2. The van der Waals surface area contributed by atoms with E-state index in [1.54, 1.807) is 0 Å². The predicted octanol–water partition coefficient (Wildman–Crippen LogP) is 12.8. The fourth-order valence-corrected chi connectivity index (χ4v) is 9.68. The molecular weight excluding hydrogens is 1080 g/mol. The van der Waals surface area contributed by atoms with E-state index in [4.69, 9.17) is 0 Å². The van der Waals surface area contributed by atoms with E-state index in [1.165, 1.54) is 27.1 Å². The van der Waals surface area contributed by atoms with Crippen LogP contribution in [0.5, 0.6) is 0 Å². The molecule has 1 aromatic heterocycles. The van der Waals surface area contributed by atoms with Crippen molar-refractivity contribution in [1.29, 1.82) is 0 Å². The zero-order valence-corrected chi connectivity index (χ0v) is 38.2. The summed E-state index contributed by atoms with van der Waals surface area (Å²) in [7, 11) is 0. The molecule has 10 rings (SSSR count). The summed E-state index contributed by atoms with van der Waals surface area (Å²) in [6.45, 7) is 0.279. The zero-order valence-electron chi connectivity index (χ0n) is 38.2. The van der Waals surface area contributed by atoms with Crippen molar-refractivity contribution in [1.82, 2.24) is 0 Å². The van der Waals surface area contributed by atoms with Gasteiger partial charge in [0.25, 0.3) is 0 Å². The number of halogens is 20. The molecule has 396 valence electrons. The smallest absolute Gasteiger partial charge is 0.227 e. The van der Waals surface area contributed by atoms with Gasteiger partial charge in [0.1, 0.15) is 52.7 Å². The number of hydrogen-bond donors (Lipinski definition) is 0. The van der Waals surface area contributed by atoms with Crippen molar-refractivity contribution in [2.24, 2.45) is 0 Å². The van der Waals surface area contributed by atoms with Crippen LogP contribution in [0.2, 0.25) is 0 Å². The molecule has 0 bridgehead atoms. The summed E-state index contributed by atoms with van der Waals surface area (Å²) in [5, 5.41) is 7.07. The highest BCUT2D eigenvalue weighted by Gasteiger charge is 2.52. The van der Waals surface area contributed by atoms with Crippen molar-refractivity contribution in [2.45, 2.75) is 6.54 Å². The average molecular weight is 1100 g/mol. The Morgan fingerprint density at radius 3 is 0.949 bits per heavy atom. The van der Waals surface area contributed by atoms with Crippen LogP contribution in [0.1, 0.15) is 10.4 Å². The van der Waals surface area contributed by atoms with Crippen LogP contribution in [0.25, 0.3) is 43.6 Å². The molecule has 0 fully saturated rings. The molecule has 10 aromatic rings. The number of Topliss-reactive ketones (excluding diaryl/α,β-unsaturated/α-hetero) is 1. The van der Waals surface area contributed by atoms with Crippen LogP contribution in [-0.2, 0) is 6.54 Å². The highest BCUT2D eigenvalue weighted by Crippen LogP contribution is 2.38. The quantitative estimate of drug-likeness (QED) is 0.0283. The van der Waals surface area contributed by atoms with Crippen molar-refractivity contribution < 1.29 is 97.2 Å². The molecule has 0 N–H and O–H groups in total. The first-order chi connectivity index (χ1) is 37.0. The molecule has 0 aliphatic heterocycles. The first kappa shape index (κ1) is 54.0. The van der Waals surface area contributed by atoms with Crippen molar-refractivity contribution in [3.05, 3.63) is 243 Å². The summed E-state index contributed by atoms with van der Waals surface area (Å²) in [6, 6.07) is 39.3. The number of carbonyl (C=O) groups excluding carboxylic acids is 1. The molecule has 9 aromatic carbocycles. The van der Waals surface area contributed by atoms with Gasteiger partial charge < -0.3 is 0 Å². The number of aromatic nitrogens is 1. The maximum absolute atomic E-state index is 15.4. The minimum Gasteiger partial charge on any atom is -0.287 e. The number of carbonyl (C=O) groups is 1. The fraction of sp³-hybridized carbons (Fsp3) is 0.0182. The second-order valence-corrected chi connectivity index (χ2v) is 17.2. The van der Waals surface area contributed by atoms with E-state index in [1.807, 2.05) is 30.3 Å². The monoisotopic (exact) mass is 1100 g/mol. The number of fused-ring (bicyclic) bond motifs is 3. The highest BCUT2D eigenvalue weighted by molar-refractivity contribution is 7.20. The van der Waals surface area contributed by atoms with Crippen LogP contribution >= 0.6 is 0 Å². The largest absolute Gasteiger partial charge is 0.287 e. The Morgan fingerprint density at radius 2 is 0.603 bits per heavy atom. The van der Waals surface area contributed by atoms with Gasteiger partial charge in [-0.05, 0) is 39.1 Å². The minimum absolute atomic E-state index is 0.0988. The SMILES string of the molecule is Fc1c(F)c(F)c([B-](c2c(F)c(F)c(F)c(F)c2F)(c2c(F)c(F)c(F)c(F)c2F)c2c(F)c(F)c(F)c(F)c2F)c(F)c1F.O=C(C[n+]1ccc2ccccc2c1-c1c2ccccc2cc2ccccc12)c1ccccc1. The molecule has 0 saturated heterocycles. The number of benzene rings is 9. The predicted molar refractivity (Wildman–Crippen MR) is 245 cm³/mol. The Labute approximate surface area is 423 Å². The van der Waals surface area contributed by atoms with Gasteiger partial charge in [-0.3, -0.25) is 4.79 Å². The Bertz CT molecular complexity index is 3720. The lowest BCUT2D eigenvalue weighted by molar-refractivity contribution is -0.671. The number of nitrogens with zero attached hydrogens (tertiary/aromatic N) is 1. The van der Waals surface area contributed by atoms with Gasteiger partial charge in [0.2, 0.25) is 18.0 Å². The van der Waals surface area contributed by atoms with E-state index in [9.17, 15) is 57.5 Å². The van der Waals surface area contributed by atoms with E-state index in [0.29, 0.717) is 0 Å².